The summed E-state index contributed by atoms with van der Waals surface area (Å²) in [6, 6.07) is 9.67. The van der Waals surface area contributed by atoms with Gasteiger partial charge in [-0.1, -0.05) is 0 Å². The third-order valence-electron chi connectivity index (χ3n) is 4.98. The lowest BCUT2D eigenvalue weighted by Crippen LogP contribution is -2.37. The van der Waals surface area contributed by atoms with Gasteiger partial charge in [-0.2, -0.15) is 0 Å². The number of furan rings is 1. The van der Waals surface area contributed by atoms with E-state index < -0.39 is 0 Å². The Hall–Kier alpha value is -1.98. The van der Waals surface area contributed by atoms with Crippen molar-refractivity contribution in [1.82, 2.24) is 10.2 Å². The van der Waals surface area contributed by atoms with Crippen molar-refractivity contribution in [2.24, 2.45) is 4.99 Å². The predicted molar refractivity (Wildman–Crippen MR) is 138 cm³/mol. The molecule has 0 saturated carbocycles. The quantitative estimate of drug-likeness (QED) is 0.189. The number of hydrogen-bond acceptors (Lipinski definition) is 6. The number of hydrogen-bond donors (Lipinski definition) is 2. The molecule has 2 aromatic rings. The molecular weight excluding hydrogens is 523 g/mol. The standard InChI is InChI=1S/C23H34N4O4.HI/c1-3-30-21-8-7-19(18-22(21)28-2)26-23(25-11-9-20-6-4-15-31-20)24-10-5-12-27-13-16-29-17-14-27;/h4,6-8,15,18H,3,5,9-14,16-17H2,1-2H3,(H2,24,25,26);1H. The fourth-order valence-corrected chi connectivity index (χ4v) is 3.37. The molecule has 8 nitrogen and oxygen atoms in total. The monoisotopic (exact) mass is 558 g/mol. The molecule has 178 valence electrons. The first-order valence-electron chi connectivity index (χ1n) is 11.0. The van der Waals surface area contributed by atoms with Crippen LogP contribution in [0.15, 0.2) is 46.0 Å². The van der Waals surface area contributed by atoms with E-state index >= 15 is 0 Å². The summed E-state index contributed by atoms with van der Waals surface area (Å²) in [7, 11) is 1.64. The number of benzene rings is 1. The van der Waals surface area contributed by atoms with Gasteiger partial charge < -0.3 is 29.3 Å². The fraction of sp³-hybridized carbons (Fsp3) is 0.522. The molecule has 0 radical (unpaired) electrons. The van der Waals surface area contributed by atoms with Crippen LogP contribution in [0.5, 0.6) is 11.5 Å². The molecule has 0 aliphatic carbocycles. The van der Waals surface area contributed by atoms with Crippen molar-refractivity contribution in [3.8, 4) is 11.5 Å². The molecule has 2 N–H and O–H groups in total. The van der Waals surface area contributed by atoms with E-state index in [-0.39, 0.29) is 24.0 Å². The number of rotatable bonds is 11. The molecule has 3 rings (SSSR count). The minimum atomic E-state index is 0. The Bertz CT molecular complexity index is 795. The summed E-state index contributed by atoms with van der Waals surface area (Å²) < 4.78 is 21.9. The summed E-state index contributed by atoms with van der Waals surface area (Å²) in [4.78, 5) is 7.19. The molecule has 32 heavy (non-hydrogen) atoms. The second-order valence-corrected chi connectivity index (χ2v) is 7.22. The second kappa shape index (κ2) is 15.0. The Kier molecular flexibility index (Phi) is 12.3. The third-order valence-corrected chi connectivity index (χ3v) is 4.98. The Morgan fingerprint density at radius 2 is 2.03 bits per heavy atom. The first kappa shape index (κ1) is 26.3. The molecule has 1 aliphatic rings. The van der Waals surface area contributed by atoms with Gasteiger partial charge in [0.15, 0.2) is 17.5 Å². The number of nitrogens with zero attached hydrogens (tertiary/aromatic N) is 2. The lowest BCUT2D eigenvalue weighted by molar-refractivity contribution is 0.0377. The number of anilines is 1. The number of aliphatic imine (C=N–C) groups is 1. The second-order valence-electron chi connectivity index (χ2n) is 7.22. The lowest BCUT2D eigenvalue weighted by Gasteiger charge is -2.26. The zero-order valence-electron chi connectivity index (χ0n) is 19.0. The fourth-order valence-electron chi connectivity index (χ4n) is 3.37. The van der Waals surface area contributed by atoms with Crippen LogP contribution in [0.1, 0.15) is 19.1 Å². The van der Waals surface area contributed by atoms with Gasteiger partial charge in [0.2, 0.25) is 0 Å². The molecular formula is C23H35IN4O4. The van der Waals surface area contributed by atoms with E-state index in [4.69, 9.17) is 23.6 Å². The highest BCUT2D eigenvalue weighted by atomic mass is 127. The lowest BCUT2D eigenvalue weighted by atomic mass is 10.2. The summed E-state index contributed by atoms with van der Waals surface area (Å²) in [6.45, 7) is 8.68. The van der Waals surface area contributed by atoms with Crippen LogP contribution in [0.3, 0.4) is 0 Å². The van der Waals surface area contributed by atoms with Crippen molar-refractivity contribution in [3.63, 3.8) is 0 Å². The van der Waals surface area contributed by atoms with Gasteiger partial charge in [0, 0.05) is 50.9 Å². The molecule has 1 aromatic heterocycles. The molecule has 1 fully saturated rings. The summed E-state index contributed by atoms with van der Waals surface area (Å²) in [5, 5.41) is 6.78. The van der Waals surface area contributed by atoms with Crippen LogP contribution in [-0.4, -0.2) is 70.5 Å². The molecule has 1 aliphatic heterocycles. The van der Waals surface area contributed by atoms with E-state index in [1.54, 1.807) is 13.4 Å². The smallest absolute Gasteiger partial charge is 0.195 e. The predicted octanol–water partition coefficient (Wildman–Crippen LogP) is 3.63. The topological polar surface area (TPSA) is 80.5 Å². The first-order chi connectivity index (χ1) is 15.3. The molecule has 9 heteroatoms. The van der Waals surface area contributed by atoms with Crippen LogP contribution in [0.2, 0.25) is 0 Å². The zero-order chi connectivity index (χ0) is 21.7. The molecule has 1 aromatic carbocycles. The van der Waals surface area contributed by atoms with Crippen molar-refractivity contribution in [3.05, 3.63) is 42.4 Å². The third kappa shape index (κ3) is 8.87. The van der Waals surface area contributed by atoms with Crippen molar-refractivity contribution < 1.29 is 18.6 Å². The van der Waals surface area contributed by atoms with Gasteiger partial charge in [0.05, 0.1) is 33.2 Å². The Morgan fingerprint density at radius 3 is 2.75 bits per heavy atom. The van der Waals surface area contributed by atoms with Gasteiger partial charge >= 0.3 is 0 Å². The molecule has 0 unspecified atom stereocenters. The highest BCUT2D eigenvalue weighted by molar-refractivity contribution is 14.0. The van der Waals surface area contributed by atoms with Crippen LogP contribution in [0.4, 0.5) is 5.69 Å². The largest absolute Gasteiger partial charge is 0.493 e. The van der Waals surface area contributed by atoms with Crippen LogP contribution in [-0.2, 0) is 11.2 Å². The van der Waals surface area contributed by atoms with Crippen LogP contribution in [0.25, 0.3) is 0 Å². The summed E-state index contributed by atoms with van der Waals surface area (Å²) >= 11 is 0. The molecule has 0 atom stereocenters. The van der Waals surface area contributed by atoms with E-state index in [1.165, 1.54) is 0 Å². The molecule has 0 bridgehead atoms. The number of morpholine rings is 1. The van der Waals surface area contributed by atoms with E-state index in [2.05, 4.69) is 15.5 Å². The van der Waals surface area contributed by atoms with E-state index in [9.17, 15) is 0 Å². The average molecular weight is 558 g/mol. The highest BCUT2D eigenvalue weighted by Gasteiger charge is 2.10. The van der Waals surface area contributed by atoms with Crippen LogP contribution < -0.4 is 20.1 Å². The highest BCUT2D eigenvalue weighted by Crippen LogP contribution is 2.30. The summed E-state index contributed by atoms with van der Waals surface area (Å²) in [6.07, 6.45) is 3.48. The number of halogens is 1. The Morgan fingerprint density at radius 1 is 1.19 bits per heavy atom. The molecule has 0 amide bonds. The zero-order valence-corrected chi connectivity index (χ0v) is 21.3. The van der Waals surface area contributed by atoms with Gasteiger partial charge in [-0.05, 0) is 37.6 Å². The minimum Gasteiger partial charge on any atom is -0.493 e. The van der Waals surface area contributed by atoms with Crippen molar-refractivity contribution in [1.29, 1.82) is 0 Å². The maximum atomic E-state index is 5.61. The van der Waals surface area contributed by atoms with Gasteiger partial charge in [-0.15, -0.1) is 24.0 Å². The average Bonchev–Trinajstić information content (AvgIpc) is 3.32. The maximum Gasteiger partial charge on any atom is 0.195 e. The van der Waals surface area contributed by atoms with Crippen molar-refractivity contribution in [2.75, 3.05) is 65.0 Å². The number of ether oxygens (including phenoxy) is 3. The van der Waals surface area contributed by atoms with E-state index in [0.717, 1.165) is 81.9 Å². The van der Waals surface area contributed by atoms with Gasteiger partial charge in [0.1, 0.15) is 5.76 Å². The number of methoxy groups -OCH3 is 1. The Balaban J connectivity index is 0.00000363. The minimum absolute atomic E-state index is 0. The number of nitrogens with one attached hydrogen (secondary N) is 2. The van der Waals surface area contributed by atoms with Gasteiger partial charge in [0.25, 0.3) is 0 Å². The van der Waals surface area contributed by atoms with Gasteiger partial charge in [-0.3, -0.25) is 9.89 Å². The SMILES string of the molecule is CCOc1ccc(NC(=NCCCN2CCOCC2)NCCc2ccco2)cc1OC.I. The molecule has 2 heterocycles. The summed E-state index contributed by atoms with van der Waals surface area (Å²) in [5.74, 6) is 3.10. The van der Waals surface area contributed by atoms with E-state index in [0.29, 0.717) is 12.4 Å². The maximum absolute atomic E-state index is 5.61. The molecule has 0 spiro atoms. The van der Waals surface area contributed by atoms with E-state index in [1.807, 2.05) is 37.3 Å². The molecule has 1 saturated heterocycles. The van der Waals surface area contributed by atoms with Crippen molar-refractivity contribution >= 4 is 35.6 Å². The van der Waals surface area contributed by atoms with Crippen molar-refractivity contribution in [2.45, 2.75) is 19.8 Å². The number of guanidine groups is 1. The van der Waals surface area contributed by atoms with Gasteiger partial charge in [-0.25, -0.2) is 0 Å². The normalized spacial score (nSPS) is 14.5. The Labute approximate surface area is 207 Å². The van der Waals surface area contributed by atoms with Crippen LogP contribution >= 0.6 is 24.0 Å². The van der Waals surface area contributed by atoms with Crippen LogP contribution in [0, 0.1) is 0 Å². The summed E-state index contributed by atoms with van der Waals surface area (Å²) in [5.41, 5.74) is 0.887. The first-order valence-corrected chi connectivity index (χ1v) is 11.0.